The van der Waals surface area contributed by atoms with Crippen molar-refractivity contribution in [3.63, 3.8) is 0 Å². The third-order valence-electron chi connectivity index (χ3n) is 2.76. The van der Waals surface area contributed by atoms with E-state index in [-0.39, 0.29) is 17.6 Å². The van der Waals surface area contributed by atoms with Crippen molar-refractivity contribution in [1.29, 1.82) is 0 Å². The van der Waals surface area contributed by atoms with Gasteiger partial charge >= 0.3 is 0 Å². The lowest BCUT2D eigenvalue weighted by atomic mass is 10.0. The number of aromatic nitrogens is 1. The molecule has 0 aliphatic carbocycles. The Morgan fingerprint density at radius 2 is 2.31 bits per heavy atom. The molecule has 1 atom stereocenters. The third-order valence-corrected chi connectivity index (χ3v) is 2.76. The molecule has 16 heavy (non-hydrogen) atoms. The molecule has 0 aliphatic rings. The van der Waals surface area contributed by atoms with Crippen LogP contribution in [0.1, 0.15) is 12.5 Å². The normalized spacial score (nSPS) is 12.8. The lowest BCUT2D eigenvalue weighted by molar-refractivity contribution is -0.121. The van der Waals surface area contributed by atoms with Crippen LogP contribution in [0, 0.1) is 5.92 Å². The van der Waals surface area contributed by atoms with Gasteiger partial charge in [0.05, 0.1) is 0 Å². The van der Waals surface area contributed by atoms with Crippen molar-refractivity contribution >= 4 is 16.8 Å². The SMILES string of the molecule is C[C@@H](Cc1c[nH]c2ccc(O)cc12)C(N)=O. The summed E-state index contributed by atoms with van der Waals surface area (Å²) in [5.41, 5.74) is 7.17. The quantitative estimate of drug-likeness (QED) is 0.730. The molecule has 1 aromatic carbocycles. The largest absolute Gasteiger partial charge is 0.508 e. The van der Waals surface area contributed by atoms with Crippen LogP contribution in [0.15, 0.2) is 24.4 Å². The zero-order chi connectivity index (χ0) is 11.7. The minimum Gasteiger partial charge on any atom is -0.508 e. The summed E-state index contributed by atoms with van der Waals surface area (Å²) in [4.78, 5) is 14.1. The van der Waals surface area contributed by atoms with E-state index in [9.17, 15) is 9.90 Å². The Kier molecular flexibility index (Phi) is 2.56. The zero-order valence-corrected chi connectivity index (χ0v) is 9.03. The van der Waals surface area contributed by atoms with Crippen LogP contribution in [0.3, 0.4) is 0 Å². The second-order valence-electron chi connectivity index (χ2n) is 4.05. The van der Waals surface area contributed by atoms with Crippen molar-refractivity contribution in [3.8, 4) is 5.75 Å². The second-order valence-corrected chi connectivity index (χ2v) is 4.05. The molecule has 4 nitrogen and oxygen atoms in total. The van der Waals surface area contributed by atoms with E-state index in [4.69, 9.17) is 5.73 Å². The van der Waals surface area contributed by atoms with Gasteiger partial charge in [0, 0.05) is 23.0 Å². The van der Waals surface area contributed by atoms with E-state index in [0.717, 1.165) is 16.5 Å². The molecule has 0 aliphatic heterocycles. The maximum absolute atomic E-state index is 11.0. The number of carbonyl (C=O) groups is 1. The van der Waals surface area contributed by atoms with E-state index < -0.39 is 0 Å². The number of aromatic hydroxyl groups is 1. The Bertz CT molecular complexity index is 531. The van der Waals surface area contributed by atoms with E-state index in [1.54, 1.807) is 19.1 Å². The van der Waals surface area contributed by atoms with Gasteiger partial charge in [-0.3, -0.25) is 4.79 Å². The number of nitrogens with two attached hydrogens (primary N) is 1. The topological polar surface area (TPSA) is 79.1 Å². The van der Waals surface area contributed by atoms with Crippen molar-refractivity contribution in [2.45, 2.75) is 13.3 Å². The standard InChI is InChI=1S/C12H14N2O2/c1-7(12(13)16)4-8-6-14-11-3-2-9(15)5-10(8)11/h2-3,5-7,14-15H,4H2,1H3,(H2,13,16)/t7-/m0/s1. The Labute approximate surface area is 93.1 Å². The van der Waals surface area contributed by atoms with Crippen LogP contribution < -0.4 is 5.73 Å². The first kappa shape index (κ1) is 10.5. The molecule has 84 valence electrons. The summed E-state index contributed by atoms with van der Waals surface area (Å²) in [6.07, 6.45) is 2.43. The van der Waals surface area contributed by atoms with Crippen LogP contribution in [0.4, 0.5) is 0 Å². The van der Waals surface area contributed by atoms with E-state index in [1.165, 1.54) is 0 Å². The molecule has 0 saturated heterocycles. The highest BCUT2D eigenvalue weighted by molar-refractivity contribution is 5.85. The molecule has 0 fully saturated rings. The summed E-state index contributed by atoms with van der Waals surface area (Å²) in [5.74, 6) is -0.295. The number of fused-ring (bicyclic) bond motifs is 1. The minimum absolute atomic E-state index is 0.207. The number of phenolic OH excluding ortho intramolecular Hbond substituents is 1. The van der Waals surface area contributed by atoms with Gasteiger partial charge in [0.2, 0.25) is 5.91 Å². The van der Waals surface area contributed by atoms with Crippen molar-refractivity contribution in [3.05, 3.63) is 30.0 Å². The van der Waals surface area contributed by atoms with Crippen LogP contribution in [0.2, 0.25) is 0 Å². The Hall–Kier alpha value is -1.97. The molecule has 1 heterocycles. The summed E-state index contributed by atoms with van der Waals surface area (Å²) in [7, 11) is 0. The first-order valence-electron chi connectivity index (χ1n) is 5.16. The molecular formula is C12H14N2O2. The van der Waals surface area contributed by atoms with Gasteiger partial charge in [0.15, 0.2) is 0 Å². The molecule has 0 spiro atoms. The smallest absolute Gasteiger partial charge is 0.220 e. The maximum atomic E-state index is 11.0. The summed E-state index contributed by atoms with van der Waals surface area (Å²) in [5, 5.41) is 10.3. The lowest BCUT2D eigenvalue weighted by Crippen LogP contribution is -2.22. The minimum atomic E-state index is -0.311. The highest BCUT2D eigenvalue weighted by Gasteiger charge is 2.12. The Morgan fingerprint density at radius 3 is 3.00 bits per heavy atom. The molecule has 4 heteroatoms. The average Bonchev–Trinajstić information content (AvgIpc) is 2.61. The van der Waals surface area contributed by atoms with Crippen LogP contribution in [-0.4, -0.2) is 16.0 Å². The monoisotopic (exact) mass is 218 g/mol. The number of benzene rings is 1. The molecule has 0 radical (unpaired) electrons. The molecular weight excluding hydrogens is 204 g/mol. The Balaban J connectivity index is 2.37. The third kappa shape index (κ3) is 1.86. The number of aromatic amines is 1. The number of phenols is 1. The fourth-order valence-electron chi connectivity index (χ4n) is 1.77. The van der Waals surface area contributed by atoms with E-state index in [1.807, 2.05) is 12.3 Å². The van der Waals surface area contributed by atoms with Gasteiger partial charge in [-0.25, -0.2) is 0 Å². The van der Waals surface area contributed by atoms with Crippen molar-refractivity contribution in [1.82, 2.24) is 4.98 Å². The molecule has 1 aromatic heterocycles. The number of carbonyl (C=O) groups excluding carboxylic acids is 1. The number of primary amides is 1. The first-order chi connectivity index (χ1) is 7.58. The number of hydrogen-bond donors (Lipinski definition) is 3. The van der Waals surface area contributed by atoms with Crippen molar-refractivity contribution < 1.29 is 9.90 Å². The van der Waals surface area contributed by atoms with Gasteiger partial charge in [-0.2, -0.15) is 0 Å². The molecule has 2 aromatic rings. The first-order valence-corrected chi connectivity index (χ1v) is 5.16. The molecule has 0 unspecified atom stereocenters. The van der Waals surface area contributed by atoms with Gasteiger partial charge in [-0.15, -0.1) is 0 Å². The molecule has 0 saturated carbocycles. The van der Waals surface area contributed by atoms with Crippen molar-refractivity contribution in [2.75, 3.05) is 0 Å². The molecule has 1 amide bonds. The second kappa shape index (κ2) is 3.89. The number of nitrogens with one attached hydrogen (secondary N) is 1. The predicted molar refractivity (Wildman–Crippen MR) is 62.0 cm³/mol. The van der Waals surface area contributed by atoms with Gasteiger partial charge < -0.3 is 15.8 Å². The number of amides is 1. The molecule has 0 bridgehead atoms. The predicted octanol–water partition coefficient (Wildman–Crippen LogP) is 1.54. The number of H-pyrrole nitrogens is 1. The Morgan fingerprint density at radius 1 is 1.56 bits per heavy atom. The molecule has 2 rings (SSSR count). The van der Waals surface area contributed by atoms with Gasteiger partial charge in [-0.05, 0) is 30.2 Å². The van der Waals surface area contributed by atoms with Crippen LogP contribution >= 0.6 is 0 Å². The number of rotatable bonds is 3. The van der Waals surface area contributed by atoms with E-state index >= 15 is 0 Å². The lowest BCUT2D eigenvalue weighted by Gasteiger charge is -2.05. The highest BCUT2D eigenvalue weighted by atomic mass is 16.3. The van der Waals surface area contributed by atoms with Gasteiger partial charge in [-0.1, -0.05) is 6.92 Å². The van der Waals surface area contributed by atoms with Crippen LogP contribution in [0.5, 0.6) is 5.75 Å². The zero-order valence-electron chi connectivity index (χ0n) is 9.03. The van der Waals surface area contributed by atoms with E-state index in [0.29, 0.717) is 6.42 Å². The fraction of sp³-hybridized carbons (Fsp3) is 0.250. The van der Waals surface area contributed by atoms with Crippen molar-refractivity contribution in [2.24, 2.45) is 11.7 Å². The van der Waals surface area contributed by atoms with Gasteiger partial charge in [0.25, 0.3) is 0 Å². The van der Waals surface area contributed by atoms with E-state index in [2.05, 4.69) is 4.98 Å². The summed E-state index contributed by atoms with van der Waals surface area (Å²) >= 11 is 0. The van der Waals surface area contributed by atoms with Crippen LogP contribution in [-0.2, 0) is 11.2 Å². The highest BCUT2D eigenvalue weighted by Crippen LogP contribution is 2.24. The summed E-state index contributed by atoms with van der Waals surface area (Å²) in [6.45, 7) is 1.80. The fourth-order valence-corrected chi connectivity index (χ4v) is 1.77. The summed E-state index contributed by atoms with van der Waals surface area (Å²) < 4.78 is 0. The van der Waals surface area contributed by atoms with Gasteiger partial charge in [0.1, 0.15) is 5.75 Å². The van der Waals surface area contributed by atoms with Crippen LogP contribution in [0.25, 0.3) is 10.9 Å². The molecule has 4 N–H and O–H groups in total. The number of hydrogen-bond acceptors (Lipinski definition) is 2. The summed E-state index contributed by atoms with van der Waals surface area (Å²) in [6, 6.07) is 5.12. The maximum Gasteiger partial charge on any atom is 0.220 e. The average molecular weight is 218 g/mol.